The second-order valence-corrected chi connectivity index (χ2v) is 17.2. The van der Waals surface area contributed by atoms with Crippen LogP contribution in [0, 0.1) is 30.3 Å². The van der Waals surface area contributed by atoms with E-state index in [0.29, 0.717) is 25.0 Å². The average molecular weight is 898 g/mol. The lowest BCUT2D eigenvalue weighted by Gasteiger charge is -2.18. The van der Waals surface area contributed by atoms with Gasteiger partial charge in [-0.1, -0.05) is 34.1 Å². The Bertz CT molecular complexity index is 2000. The van der Waals surface area contributed by atoms with Crippen LogP contribution in [0.2, 0.25) is 0 Å². The third-order valence-electron chi connectivity index (χ3n) is 7.67. The number of alkyl halides is 1. The smallest absolute Gasteiger partial charge is 0.271 e. The Morgan fingerprint density at radius 3 is 1.56 bits per heavy atom. The van der Waals surface area contributed by atoms with E-state index in [1.807, 2.05) is 15.9 Å². The van der Waals surface area contributed by atoms with Crippen molar-refractivity contribution in [2.45, 2.75) is 19.3 Å². The van der Waals surface area contributed by atoms with E-state index >= 15 is 0 Å². The first-order valence-electron chi connectivity index (χ1n) is 16.3. The summed E-state index contributed by atoms with van der Waals surface area (Å²) in [7, 11) is -2.14. The van der Waals surface area contributed by atoms with Crippen LogP contribution in [0.25, 0.3) is 0 Å². The van der Waals surface area contributed by atoms with Crippen molar-refractivity contribution in [1.82, 2.24) is 0 Å². The van der Waals surface area contributed by atoms with Gasteiger partial charge in [0.05, 0.1) is 47.1 Å². The number of hydrogen-bond donors (Lipinski definition) is 3. The maximum atomic E-state index is 10.9. The van der Waals surface area contributed by atoms with Gasteiger partial charge in [-0.2, -0.15) is 8.42 Å². The summed E-state index contributed by atoms with van der Waals surface area (Å²) in [6.45, 7) is 3.70. The van der Waals surface area contributed by atoms with Crippen LogP contribution in [0.4, 0.5) is 34.1 Å². The van der Waals surface area contributed by atoms with Gasteiger partial charge in [-0.25, -0.2) is 8.42 Å². The molecule has 3 N–H and O–H groups in total. The van der Waals surface area contributed by atoms with Crippen molar-refractivity contribution in [3.8, 4) is 0 Å². The number of nitro groups is 3. The number of aliphatic hydroxyl groups excluding tert-OH is 2. The van der Waals surface area contributed by atoms with Gasteiger partial charge < -0.3 is 25.3 Å². The van der Waals surface area contributed by atoms with E-state index < -0.39 is 29.0 Å². The van der Waals surface area contributed by atoms with Crippen LogP contribution in [-0.4, -0.2) is 112 Å². The van der Waals surface area contributed by atoms with Crippen molar-refractivity contribution in [3.05, 3.63) is 102 Å². The van der Waals surface area contributed by atoms with Crippen LogP contribution in [0.15, 0.2) is 54.6 Å². The van der Waals surface area contributed by atoms with Crippen LogP contribution >= 0.6 is 26.6 Å². The maximum Gasteiger partial charge on any atom is 0.271 e. The van der Waals surface area contributed by atoms with Gasteiger partial charge in [0.15, 0.2) is 0 Å². The van der Waals surface area contributed by atoms with Crippen molar-refractivity contribution in [1.29, 1.82) is 0 Å². The molecule has 0 radical (unpaired) electrons. The summed E-state index contributed by atoms with van der Waals surface area (Å²) in [5.74, 6) is 0. The quantitative estimate of drug-likeness (QED) is 0.0853. The summed E-state index contributed by atoms with van der Waals surface area (Å²) in [6.07, 6.45) is 4.58. The predicted molar refractivity (Wildman–Crippen MR) is 213 cm³/mol. The molecule has 55 heavy (non-hydrogen) atoms. The molecule has 3 aliphatic heterocycles. The highest BCUT2D eigenvalue weighted by atomic mass is 79.9. The van der Waals surface area contributed by atoms with E-state index in [1.165, 1.54) is 23.8 Å². The zero-order valence-electron chi connectivity index (χ0n) is 29.9. The molecular weight excluding hydrogens is 856 g/mol. The molecule has 0 saturated heterocycles. The van der Waals surface area contributed by atoms with E-state index in [1.54, 1.807) is 30.3 Å². The number of non-ortho nitro benzene ring substituents is 3. The number of rotatable bonds is 10. The molecule has 3 aliphatic rings. The van der Waals surface area contributed by atoms with Gasteiger partial charge in [0.25, 0.3) is 27.2 Å². The molecule has 0 unspecified atom stereocenters. The fraction of sp³-hybridized carbons (Fsp3) is 0.438. The SMILES string of the molecule is CS(=O)(=O)Cl.CS(=O)(=O)OCCN1CCc2ccc([N+](=O)[O-])cc21.O=[N+]([O-])c1ccc2c(c1)N(CCO)CC2.O=[N+]([O-])c1ccc2c(c1)NCC2.OCCBr. The van der Waals surface area contributed by atoms with E-state index in [9.17, 15) is 47.2 Å². The molecule has 3 aromatic rings. The maximum absolute atomic E-state index is 10.9. The molecule has 6 rings (SSSR count). The number of β-amino-alcohol motifs (C(OH)–C–C–N with tert-alkyl or cyclic N) is 1. The van der Waals surface area contributed by atoms with Crippen molar-refractivity contribution >= 4 is 79.9 Å². The average Bonchev–Trinajstić information content (AvgIpc) is 3.86. The molecule has 3 heterocycles. The first-order chi connectivity index (χ1) is 25.8. The Morgan fingerprint density at radius 1 is 0.745 bits per heavy atom. The minimum Gasteiger partial charge on any atom is -0.396 e. The number of aliphatic hydroxyl groups is 2. The van der Waals surface area contributed by atoms with Gasteiger partial charge in [-0.05, 0) is 36.0 Å². The van der Waals surface area contributed by atoms with Crippen molar-refractivity contribution in [2.24, 2.45) is 0 Å². The zero-order valence-corrected chi connectivity index (χ0v) is 33.9. The number of fused-ring (bicyclic) bond motifs is 3. The minimum absolute atomic E-state index is 0.0367. The summed E-state index contributed by atoms with van der Waals surface area (Å²) < 4.78 is 45.2. The van der Waals surface area contributed by atoms with Crippen LogP contribution in [-0.2, 0) is 42.6 Å². The third-order valence-corrected chi connectivity index (χ3v) is 8.62. The Morgan fingerprint density at radius 2 is 1.16 bits per heavy atom. The van der Waals surface area contributed by atoms with Gasteiger partial charge in [0, 0.05) is 102 Å². The molecule has 0 fully saturated rings. The highest BCUT2D eigenvalue weighted by Crippen LogP contribution is 2.32. The summed E-state index contributed by atoms with van der Waals surface area (Å²) >= 11 is 3.00. The van der Waals surface area contributed by atoms with Crippen molar-refractivity contribution < 1.29 is 46.0 Å². The normalized spacial score (nSPS) is 13.4. The Hall–Kier alpha value is -4.19. The fourth-order valence-corrected chi connectivity index (χ4v) is 5.75. The third kappa shape index (κ3) is 17.0. The topological polar surface area (TPSA) is 266 Å². The highest BCUT2D eigenvalue weighted by molar-refractivity contribution is 9.09. The summed E-state index contributed by atoms with van der Waals surface area (Å²) in [5, 5.41) is 52.2. The molecule has 304 valence electrons. The fourth-order valence-electron chi connectivity index (χ4n) is 5.37. The summed E-state index contributed by atoms with van der Waals surface area (Å²) in [4.78, 5) is 34.4. The Kier molecular flexibility index (Phi) is 19.1. The molecule has 0 amide bonds. The standard InChI is InChI=1S/C11H14N2O5S.C10H12N2O3.C8H8N2O2.C2H5BrO.CH3ClO2S/c1-19(16,17)18-7-6-12-5-4-9-2-3-10(13(14)15)8-11(9)12;13-6-5-11-4-3-8-1-2-9(12(14)15)7-10(8)11;11-10(12)7-2-1-6-3-4-9-8(6)5-7;3-1-2-4;1-5(2,3)4/h2-3,8H,4-7H2,1H3;1-2,7,13H,3-6H2;1-2,5,9H,3-4H2;4H,1-2H2;1H3. The lowest BCUT2D eigenvalue weighted by molar-refractivity contribution is -0.385. The molecule has 0 aromatic heterocycles. The molecule has 19 nitrogen and oxygen atoms in total. The lowest BCUT2D eigenvalue weighted by Crippen LogP contribution is -2.26. The van der Waals surface area contributed by atoms with E-state index in [0.717, 1.165) is 73.1 Å². The second-order valence-electron chi connectivity index (χ2n) is 11.7. The first-order valence-corrected chi connectivity index (χ1v) is 22.0. The highest BCUT2D eigenvalue weighted by Gasteiger charge is 2.23. The largest absolute Gasteiger partial charge is 0.396 e. The van der Waals surface area contributed by atoms with Gasteiger partial charge >= 0.3 is 0 Å². The summed E-state index contributed by atoms with van der Waals surface area (Å²) in [5.41, 5.74) is 6.20. The number of hydrogen-bond acceptors (Lipinski definition) is 16. The number of halogens is 2. The van der Waals surface area contributed by atoms with Gasteiger partial charge in [0.1, 0.15) is 0 Å². The predicted octanol–water partition coefficient (Wildman–Crippen LogP) is 4.00. The monoisotopic (exact) mass is 896 g/mol. The van der Waals surface area contributed by atoms with E-state index in [4.69, 9.17) is 10.2 Å². The molecular formula is C32H42BrClN6O13S2. The summed E-state index contributed by atoms with van der Waals surface area (Å²) in [6, 6.07) is 14.6. The minimum atomic E-state index is -3.45. The van der Waals surface area contributed by atoms with Crippen molar-refractivity contribution in [2.75, 3.05) is 85.5 Å². The van der Waals surface area contributed by atoms with Gasteiger partial charge in [-0.15, -0.1) is 0 Å². The Labute approximate surface area is 331 Å². The van der Waals surface area contributed by atoms with E-state index in [2.05, 4.69) is 36.1 Å². The molecule has 0 atom stereocenters. The Balaban J connectivity index is 0.000000261. The zero-order chi connectivity index (χ0) is 41.3. The molecule has 3 aromatic carbocycles. The molecule has 0 aliphatic carbocycles. The number of nitro benzene ring substituents is 3. The van der Waals surface area contributed by atoms with Crippen LogP contribution < -0.4 is 15.1 Å². The van der Waals surface area contributed by atoms with Crippen LogP contribution in [0.5, 0.6) is 0 Å². The molecule has 0 bridgehead atoms. The number of nitrogens with zero attached hydrogens (tertiary/aromatic N) is 5. The van der Waals surface area contributed by atoms with Gasteiger partial charge in [-0.3, -0.25) is 34.5 Å². The van der Waals surface area contributed by atoms with E-state index in [-0.39, 0.29) is 41.8 Å². The number of benzene rings is 3. The van der Waals surface area contributed by atoms with Crippen LogP contribution in [0.3, 0.4) is 0 Å². The number of nitrogens with one attached hydrogen (secondary N) is 1. The second kappa shape index (κ2) is 22.4. The van der Waals surface area contributed by atoms with Crippen molar-refractivity contribution in [3.63, 3.8) is 0 Å². The van der Waals surface area contributed by atoms with Crippen LogP contribution in [0.1, 0.15) is 16.7 Å². The molecule has 0 saturated carbocycles. The lowest BCUT2D eigenvalue weighted by atomic mass is 10.1. The first kappa shape index (κ1) is 47.0. The molecule has 23 heteroatoms. The molecule has 0 spiro atoms. The van der Waals surface area contributed by atoms with Gasteiger partial charge in [0.2, 0.25) is 9.05 Å². The number of anilines is 3.